The maximum atomic E-state index is 12.9. The molecule has 0 radical (unpaired) electrons. The Morgan fingerprint density at radius 3 is 1.91 bits per heavy atom. The van der Waals surface area contributed by atoms with Gasteiger partial charge >= 0.3 is 12.0 Å². The zero-order valence-electron chi connectivity index (χ0n) is 13.8. The summed E-state index contributed by atoms with van der Waals surface area (Å²) in [5.74, 6) is 0.787. The van der Waals surface area contributed by atoms with E-state index in [2.05, 4.69) is 0 Å². The second-order valence-electron chi connectivity index (χ2n) is 8.12. The number of urea groups is 1. The molecular weight excluding hydrogens is 296 g/mol. The Kier molecular flexibility index (Phi) is 4.10. The van der Waals surface area contributed by atoms with Crippen molar-refractivity contribution in [1.29, 1.82) is 0 Å². The third-order valence-corrected chi connectivity index (χ3v) is 5.82. The van der Waals surface area contributed by atoms with E-state index in [4.69, 9.17) is 10.5 Å². The highest BCUT2D eigenvalue weighted by atomic mass is 16.5. The van der Waals surface area contributed by atoms with E-state index in [1.807, 2.05) is 5.32 Å². The van der Waals surface area contributed by atoms with E-state index in [-0.39, 0.29) is 11.9 Å². The van der Waals surface area contributed by atoms with Crippen molar-refractivity contribution in [2.24, 2.45) is 34.8 Å². The van der Waals surface area contributed by atoms with Crippen molar-refractivity contribution in [2.75, 3.05) is 0 Å². The van der Waals surface area contributed by atoms with Crippen LogP contribution in [0.15, 0.2) is 0 Å². The van der Waals surface area contributed by atoms with E-state index < -0.39 is 23.5 Å². The van der Waals surface area contributed by atoms with Crippen LogP contribution in [0.25, 0.3) is 0 Å². The highest BCUT2D eigenvalue weighted by Gasteiger charge is 2.56. The molecule has 0 aromatic heterocycles. The summed E-state index contributed by atoms with van der Waals surface area (Å²) in [6.07, 6.45) is 5.41. The van der Waals surface area contributed by atoms with Crippen molar-refractivity contribution in [2.45, 2.75) is 58.5 Å². The quantitative estimate of drug-likeness (QED) is 0.773. The van der Waals surface area contributed by atoms with Gasteiger partial charge in [0, 0.05) is 0 Å². The van der Waals surface area contributed by atoms with Crippen LogP contribution in [-0.2, 0) is 14.3 Å². The zero-order valence-corrected chi connectivity index (χ0v) is 13.8. The minimum Gasteiger partial charge on any atom is -0.452 e. The standard InChI is InChI=1S/C17H26N2O4/c1-9(2)13(14(20)19-16(18)22)23-15(21)17-6-10-3-11(7-17)5-12(4-10)8-17/h9-13H,3-8H2,1-2H3,(H3,18,19,20,22)/t10?,11?,12?,13-,17?/m0/s1. The number of primary amides is 1. The number of hydrogen-bond donors (Lipinski definition) is 2. The average molecular weight is 322 g/mol. The number of nitrogens with one attached hydrogen (secondary N) is 1. The van der Waals surface area contributed by atoms with E-state index in [1.54, 1.807) is 13.8 Å². The smallest absolute Gasteiger partial charge is 0.318 e. The Hall–Kier alpha value is -1.59. The molecule has 0 aliphatic heterocycles. The van der Waals surface area contributed by atoms with Gasteiger partial charge < -0.3 is 10.5 Å². The number of carbonyl (C=O) groups is 3. The van der Waals surface area contributed by atoms with Crippen molar-refractivity contribution in [1.82, 2.24) is 5.32 Å². The number of esters is 1. The Bertz CT molecular complexity index is 493. The van der Waals surface area contributed by atoms with Crippen LogP contribution in [0.5, 0.6) is 0 Å². The van der Waals surface area contributed by atoms with Gasteiger partial charge in [0.05, 0.1) is 5.41 Å². The van der Waals surface area contributed by atoms with Crippen molar-refractivity contribution >= 4 is 17.9 Å². The molecule has 6 heteroatoms. The molecule has 0 aromatic carbocycles. The Morgan fingerprint density at radius 1 is 1.04 bits per heavy atom. The van der Waals surface area contributed by atoms with Crippen LogP contribution in [0.1, 0.15) is 52.4 Å². The second kappa shape index (κ2) is 5.80. The molecule has 0 saturated heterocycles. The van der Waals surface area contributed by atoms with Crippen LogP contribution >= 0.6 is 0 Å². The summed E-state index contributed by atoms with van der Waals surface area (Å²) in [6.45, 7) is 3.58. The summed E-state index contributed by atoms with van der Waals surface area (Å²) in [7, 11) is 0. The van der Waals surface area contributed by atoms with Crippen molar-refractivity contribution in [3.05, 3.63) is 0 Å². The number of imide groups is 1. The first-order valence-corrected chi connectivity index (χ1v) is 8.60. The Morgan fingerprint density at radius 2 is 1.52 bits per heavy atom. The van der Waals surface area contributed by atoms with Crippen LogP contribution < -0.4 is 11.1 Å². The topological polar surface area (TPSA) is 98.5 Å². The molecule has 23 heavy (non-hydrogen) atoms. The average Bonchev–Trinajstić information content (AvgIpc) is 2.41. The van der Waals surface area contributed by atoms with Crippen molar-refractivity contribution in [3.8, 4) is 0 Å². The number of carbonyl (C=O) groups excluding carboxylic acids is 3. The van der Waals surface area contributed by atoms with Crippen molar-refractivity contribution in [3.63, 3.8) is 0 Å². The van der Waals surface area contributed by atoms with Gasteiger partial charge in [0.15, 0.2) is 6.10 Å². The lowest BCUT2D eigenvalue weighted by atomic mass is 9.49. The fourth-order valence-corrected chi connectivity index (χ4v) is 5.29. The van der Waals surface area contributed by atoms with Gasteiger partial charge in [-0.3, -0.25) is 14.9 Å². The first-order valence-electron chi connectivity index (χ1n) is 8.60. The lowest BCUT2D eigenvalue weighted by molar-refractivity contribution is -0.181. The van der Waals surface area contributed by atoms with E-state index in [0.717, 1.165) is 19.3 Å². The predicted molar refractivity (Wildman–Crippen MR) is 83.0 cm³/mol. The maximum Gasteiger partial charge on any atom is 0.318 e. The minimum atomic E-state index is -0.969. The van der Waals surface area contributed by atoms with Crippen LogP contribution in [0.3, 0.4) is 0 Å². The maximum absolute atomic E-state index is 12.9. The molecule has 4 saturated carbocycles. The Balaban J connectivity index is 1.72. The van der Waals surface area contributed by atoms with Gasteiger partial charge in [-0.2, -0.15) is 0 Å². The first kappa shape index (κ1) is 16.3. The summed E-state index contributed by atoms with van der Waals surface area (Å²) in [5, 5.41) is 2.03. The summed E-state index contributed by atoms with van der Waals surface area (Å²) in [5.41, 5.74) is 4.59. The zero-order chi connectivity index (χ0) is 16.8. The lowest BCUT2D eigenvalue weighted by Gasteiger charge is -2.55. The number of rotatable bonds is 4. The van der Waals surface area contributed by atoms with Gasteiger partial charge in [-0.1, -0.05) is 13.8 Å². The van der Waals surface area contributed by atoms with Gasteiger partial charge in [-0.15, -0.1) is 0 Å². The molecule has 0 aromatic rings. The van der Waals surface area contributed by atoms with Crippen LogP contribution in [0.4, 0.5) is 4.79 Å². The van der Waals surface area contributed by atoms with E-state index in [9.17, 15) is 14.4 Å². The van der Waals surface area contributed by atoms with Gasteiger partial charge in [0.2, 0.25) is 0 Å². The molecule has 3 amide bonds. The summed E-state index contributed by atoms with van der Waals surface area (Å²) < 4.78 is 5.60. The number of amides is 3. The van der Waals surface area contributed by atoms with Gasteiger partial charge in [0.25, 0.3) is 5.91 Å². The summed E-state index contributed by atoms with van der Waals surface area (Å²) in [6, 6.07) is -0.925. The van der Waals surface area contributed by atoms with Crippen LogP contribution in [-0.4, -0.2) is 24.0 Å². The van der Waals surface area contributed by atoms with Crippen LogP contribution in [0, 0.1) is 29.1 Å². The Labute approximate surface area is 136 Å². The molecule has 0 heterocycles. The number of ether oxygens (including phenoxy) is 1. The third kappa shape index (κ3) is 3.08. The largest absolute Gasteiger partial charge is 0.452 e. The molecular formula is C17H26N2O4. The molecule has 4 fully saturated rings. The fourth-order valence-electron chi connectivity index (χ4n) is 5.29. The molecule has 0 unspecified atom stereocenters. The molecule has 4 aliphatic carbocycles. The SMILES string of the molecule is CC(C)[C@H](OC(=O)C12CC3CC(CC(C3)C1)C2)C(=O)NC(N)=O. The molecule has 1 atom stereocenters. The minimum absolute atomic E-state index is 0.216. The fraction of sp³-hybridized carbons (Fsp3) is 0.824. The number of nitrogens with two attached hydrogens (primary N) is 1. The highest BCUT2D eigenvalue weighted by Crippen LogP contribution is 2.60. The second-order valence-corrected chi connectivity index (χ2v) is 8.12. The van der Waals surface area contributed by atoms with Crippen LogP contribution in [0.2, 0.25) is 0 Å². The molecule has 4 rings (SSSR count). The molecule has 3 N–H and O–H groups in total. The van der Waals surface area contributed by atoms with Gasteiger partial charge in [-0.05, 0) is 62.2 Å². The number of hydrogen-bond acceptors (Lipinski definition) is 4. The van der Waals surface area contributed by atoms with Crippen molar-refractivity contribution < 1.29 is 19.1 Å². The summed E-state index contributed by atoms with van der Waals surface area (Å²) in [4.78, 5) is 35.8. The highest BCUT2D eigenvalue weighted by molar-refractivity contribution is 5.97. The van der Waals surface area contributed by atoms with E-state index in [1.165, 1.54) is 19.3 Å². The van der Waals surface area contributed by atoms with E-state index >= 15 is 0 Å². The molecule has 6 nitrogen and oxygen atoms in total. The molecule has 128 valence electrons. The molecule has 4 aliphatic rings. The molecule has 0 spiro atoms. The van der Waals surface area contributed by atoms with Gasteiger partial charge in [0.1, 0.15) is 0 Å². The lowest BCUT2D eigenvalue weighted by Crippen LogP contribution is -2.53. The predicted octanol–water partition coefficient (Wildman–Crippen LogP) is 1.97. The third-order valence-electron chi connectivity index (χ3n) is 5.82. The van der Waals surface area contributed by atoms with Gasteiger partial charge in [-0.25, -0.2) is 4.79 Å². The normalized spacial score (nSPS) is 35.9. The molecule has 4 bridgehead atoms. The summed E-state index contributed by atoms with van der Waals surface area (Å²) >= 11 is 0. The monoisotopic (exact) mass is 322 g/mol. The van der Waals surface area contributed by atoms with E-state index in [0.29, 0.717) is 17.8 Å². The first-order chi connectivity index (χ1) is 10.8.